The number of hydrogen-bond donors (Lipinski definition) is 1. The number of nitrogens with one attached hydrogen (secondary N) is 1. The van der Waals surface area contributed by atoms with Gasteiger partial charge in [-0.15, -0.1) is 0 Å². The molecule has 6 nitrogen and oxygen atoms in total. The van der Waals surface area contributed by atoms with Gasteiger partial charge in [0.2, 0.25) is 15.9 Å². The topological polar surface area (TPSA) is 78.8 Å². The fourth-order valence-electron chi connectivity index (χ4n) is 2.85. The Balaban J connectivity index is 1.94. The highest BCUT2D eigenvalue weighted by Crippen LogP contribution is 2.35. The van der Waals surface area contributed by atoms with Gasteiger partial charge in [0.05, 0.1) is 18.0 Å². The van der Waals surface area contributed by atoms with Gasteiger partial charge >= 0.3 is 0 Å². The highest BCUT2D eigenvalue weighted by molar-refractivity contribution is 7.92. The Hall–Kier alpha value is -2.19. The van der Waals surface area contributed by atoms with E-state index in [1.165, 1.54) is 0 Å². The maximum atomic E-state index is 12.6. The van der Waals surface area contributed by atoms with Crippen molar-refractivity contribution in [1.29, 1.82) is 0 Å². The Morgan fingerprint density at radius 1 is 1.35 bits per heavy atom. The molecule has 1 aromatic carbocycles. The van der Waals surface area contributed by atoms with E-state index in [9.17, 15) is 13.2 Å². The number of benzene rings is 1. The molecule has 1 aromatic heterocycles. The van der Waals surface area contributed by atoms with Crippen LogP contribution in [0.5, 0.6) is 0 Å². The van der Waals surface area contributed by atoms with Crippen LogP contribution in [-0.4, -0.2) is 31.3 Å². The molecule has 1 N–H and O–H groups in total. The largest absolute Gasteiger partial charge is 0.284 e. The maximum absolute atomic E-state index is 12.6. The summed E-state index contributed by atoms with van der Waals surface area (Å²) >= 11 is 1.59. The number of hydrazone groups is 1. The van der Waals surface area contributed by atoms with Crippen LogP contribution in [0.15, 0.2) is 46.2 Å². The van der Waals surface area contributed by atoms with Crippen molar-refractivity contribution in [1.82, 2.24) is 5.01 Å². The van der Waals surface area contributed by atoms with Crippen LogP contribution in [0.2, 0.25) is 0 Å². The zero-order valence-corrected chi connectivity index (χ0v) is 16.5. The summed E-state index contributed by atoms with van der Waals surface area (Å²) in [5.41, 5.74) is 3.12. The van der Waals surface area contributed by atoms with Gasteiger partial charge in [-0.2, -0.15) is 16.4 Å². The van der Waals surface area contributed by atoms with Crippen LogP contribution in [0.1, 0.15) is 37.4 Å². The number of amides is 1. The Morgan fingerprint density at radius 3 is 2.73 bits per heavy atom. The summed E-state index contributed by atoms with van der Waals surface area (Å²) in [4.78, 5) is 12.6. The van der Waals surface area contributed by atoms with Crippen molar-refractivity contribution in [2.24, 2.45) is 11.0 Å². The second-order valence-corrected chi connectivity index (χ2v) is 9.14. The third-order valence-electron chi connectivity index (χ3n) is 4.06. The lowest BCUT2D eigenvalue weighted by Gasteiger charge is -2.22. The van der Waals surface area contributed by atoms with Gasteiger partial charge in [-0.3, -0.25) is 9.52 Å². The number of carbonyl (C=O) groups is 1. The zero-order valence-electron chi connectivity index (χ0n) is 14.8. The van der Waals surface area contributed by atoms with E-state index in [0.717, 1.165) is 23.1 Å². The summed E-state index contributed by atoms with van der Waals surface area (Å²) in [6, 6.07) is 8.97. The first kappa shape index (κ1) is 18.6. The number of rotatable bonds is 5. The average Bonchev–Trinajstić information content (AvgIpc) is 3.22. The maximum Gasteiger partial charge on any atom is 0.245 e. The Kier molecular flexibility index (Phi) is 5.15. The van der Waals surface area contributed by atoms with Gasteiger partial charge in [0.1, 0.15) is 0 Å². The second kappa shape index (κ2) is 7.20. The van der Waals surface area contributed by atoms with E-state index >= 15 is 0 Å². The Morgan fingerprint density at radius 2 is 2.12 bits per heavy atom. The lowest BCUT2D eigenvalue weighted by molar-refractivity contribution is -0.136. The van der Waals surface area contributed by atoms with E-state index < -0.39 is 10.0 Å². The van der Waals surface area contributed by atoms with Gasteiger partial charge < -0.3 is 0 Å². The summed E-state index contributed by atoms with van der Waals surface area (Å²) in [6.07, 6.45) is 1.71. The van der Waals surface area contributed by atoms with E-state index in [1.807, 2.05) is 36.7 Å². The van der Waals surface area contributed by atoms with Gasteiger partial charge in [0, 0.05) is 18.0 Å². The minimum atomic E-state index is -3.35. The molecule has 0 spiro atoms. The molecule has 26 heavy (non-hydrogen) atoms. The Labute approximate surface area is 157 Å². The van der Waals surface area contributed by atoms with E-state index in [4.69, 9.17) is 0 Å². The Bertz CT molecular complexity index is 934. The minimum Gasteiger partial charge on any atom is -0.284 e. The van der Waals surface area contributed by atoms with Crippen LogP contribution in [-0.2, 0) is 14.8 Å². The normalized spacial score (nSPS) is 17.5. The second-order valence-electron chi connectivity index (χ2n) is 6.62. The summed E-state index contributed by atoms with van der Waals surface area (Å²) < 4.78 is 25.4. The van der Waals surface area contributed by atoms with Crippen LogP contribution in [0.25, 0.3) is 0 Å². The molecule has 1 atom stereocenters. The third-order valence-corrected chi connectivity index (χ3v) is 5.37. The molecule has 1 aliphatic rings. The lowest BCUT2D eigenvalue weighted by Crippen LogP contribution is -2.30. The molecule has 0 radical (unpaired) electrons. The van der Waals surface area contributed by atoms with Crippen molar-refractivity contribution >= 4 is 38.7 Å². The van der Waals surface area contributed by atoms with E-state index in [1.54, 1.807) is 34.5 Å². The predicted octanol–water partition coefficient (Wildman–Crippen LogP) is 3.45. The molecule has 0 fully saturated rings. The summed E-state index contributed by atoms with van der Waals surface area (Å²) in [5.74, 6) is -0.181. The SMILES string of the molecule is CC(C)C(=O)N1N=C(c2cccc(NS(C)(=O)=O)c2)CC1c1ccsc1. The number of sulfonamides is 1. The molecule has 1 amide bonds. The summed E-state index contributed by atoms with van der Waals surface area (Å²) in [5, 5.41) is 10.2. The summed E-state index contributed by atoms with van der Waals surface area (Å²) in [7, 11) is -3.35. The van der Waals surface area contributed by atoms with E-state index in [2.05, 4.69) is 9.82 Å². The average molecular weight is 392 g/mol. The lowest BCUT2D eigenvalue weighted by atomic mass is 9.99. The molecular formula is C18H21N3O3S2. The molecule has 0 saturated carbocycles. The molecular weight excluding hydrogens is 370 g/mol. The van der Waals surface area contributed by atoms with Gasteiger partial charge in [0.15, 0.2) is 0 Å². The molecule has 8 heteroatoms. The monoisotopic (exact) mass is 391 g/mol. The highest BCUT2D eigenvalue weighted by Gasteiger charge is 2.34. The van der Waals surface area contributed by atoms with Crippen molar-refractivity contribution in [3.63, 3.8) is 0 Å². The van der Waals surface area contributed by atoms with E-state index in [0.29, 0.717) is 12.1 Å². The number of nitrogens with zero attached hydrogens (tertiary/aromatic N) is 2. The van der Waals surface area contributed by atoms with Gasteiger partial charge in [-0.05, 0) is 40.1 Å². The van der Waals surface area contributed by atoms with Crippen molar-refractivity contribution < 1.29 is 13.2 Å². The number of hydrogen-bond acceptors (Lipinski definition) is 5. The van der Waals surface area contributed by atoms with Gasteiger partial charge in [0.25, 0.3) is 0 Å². The molecule has 3 rings (SSSR count). The molecule has 0 bridgehead atoms. The number of anilines is 1. The van der Waals surface area contributed by atoms with Crippen molar-refractivity contribution in [2.75, 3.05) is 11.0 Å². The van der Waals surface area contributed by atoms with Gasteiger partial charge in [-0.25, -0.2) is 13.4 Å². The van der Waals surface area contributed by atoms with Crippen LogP contribution in [0.3, 0.4) is 0 Å². The molecule has 0 aliphatic carbocycles. The molecule has 138 valence electrons. The number of thiophene rings is 1. The summed E-state index contributed by atoms with van der Waals surface area (Å²) in [6.45, 7) is 3.72. The van der Waals surface area contributed by atoms with Crippen molar-refractivity contribution in [3.05, 3.63) is 52.2 Å². The van der Waals surface area contributed by atoms with Crippen LogP contribution in [0.4, 0.5) is 5.69 Å². The fraction of sp³-hybridized carbons (Fsp3) is 0.333. The van der Waals surface area contributed by atoms with Crippen LogP contribution < -0.4 is 4.72 Å². The highest BCUT2D eigenvalue weighted by atomic mass is 32.2. The van der Waals surface area contributed by atoms with Crippen molar-refractivity contribution in [2.45, 2.75) is 26.3 Å². The first-order valence-corrected chi connectivity index (χ1v) is 11.1. The van der Waals surface area contributed by atoms with Gasteiger partial charge in [-0.1, -0.05) is 26.0 Å². The number of carbonyl (C=O) groups excluding carboxylic acids is 1. The minimum absolute atomic E-state index is 0.0263. The molecule has 2 aromatic rings. The molecule has 2 heterocycles. The quantitative estimate of drug-likeness (QED) is 0.848. The van der Waals surface area contributed by atoms with Crippen LogP contribution >= 0.6 is 11.3 Å². The van der Waals surface area contributed by atoms with E-state index in [-0.39, 0.29) is 17.9 Å². The molecule has 0 saturated heterocycles. The third kappa shape index (κ3) is 4.13. The smallest absolute Gasteiger partial charge is 0.245 e. The molecule has 1 aliphatic heterocycles. The van der Waals surface area contributed by atoms with Crippen molar-refractivity contribution in [3.8, 4) is 0 Å². The first-order valence-electron chi connectivity index (χ1n) is 8.25. The van der Waals surface area contributed by atoms with Crippen LogP contribution in [0, 0.1) is 5.92 Å². The molecule has 1 unspecified atom stereocenters. The standard InChI is InChI=1S/C18H21N3O3S2/c1-12(2)18(22)21-17(14-7-8-25-11-14)10-16(19-21)13-5-4-6-15(9-13)20-26(3,23)24/h4-9,11-12,17,20H,10H2,1-3H3. The fourth-order valence-corrected chi connectivity index (χ4v) is 4.12. The predicted molar refractivity (Wildman–Crippen MR) is 105 cm³/mol. The zero-order chi connectivity index (χ0) is 18.9. The first-order chi connectivity index (χ1) is 12.2.